The number of hydrogen-bond acceptors (Lipinski definition) is 1. The first-order valence-corrected chi connectivity index (χ1v) is 6.07. The monoisotopic (exact) mass is 331 g/mol. The summed E-state index contributed by atoms with van der Waals surface area (Å²) >= 11 is 0. The molecule has 2 rings (SSSR count). The second kappa shape index (κ2) is 6.55. The summed E-state index contributed by atoms with van der Waals surface area (Å²) in [4.78, 5) is 11.5. The number of amides is 1. The Morgan fingerprint density at radius 1 is 0.783 bits per heavy atom. The molecule has 1 N–H and O–H groups in total. The molecular formula is C15H7F6NO. The Hall–Kier alpha value is -2.77. The molecule has 8 heteroatoms. The molecule has 2 nitrogen and oxygen atoms in total. The van der Waals surface area contributed by atoms with E-state index in [0.29, 0.717) is 5.56 Å². The van der Waals surface area contributed by atoms with Crippen molar-refractivity contribution in [2.24, 2.45) is 0 Å². The van der Waals surface area contributed by atoms with Gasteiger partial charge >= 0.3 is 0 Å². The van der Waals surface area contributed by atoms with Crippen LogP contribution in [-0.4, -0.2) is 5.91 Å². The van der Waals surface area contributed by atoms with Crippen molar-refractivity contribution in [2.45, 2.75) is 0 Å². The van der Waals surface area contributed by atoms with Crippen molar-refractivity contribution in [3.05, 3.63) is 70.8 Å². The van der Waals surface area contributed by atoms with Crippen LogP contribution in [0.5, 0.6) is 0 Å². The molecule has 0 atom stereocenters. The van der Waals surface area contributed by atoms with Crippen LogP contribution in [-0.2, 0) is 4.79 Å². The lowest BCUT2D eigenvalue weighted by atomic mass is 10.2. The topological polar surface area (TPSA) is 29.1 Å². The Morgan fingerprint density at radius 3 is 1.78 bits per heavy atom. The van der Waals surface area contributed by atoms with Crippen LogP contribution in [0.4, 0.5) is 32.0 Å². The van der Waals surface area contributed by atoms with Crippen molar-refractivity contribution >= 4 is 17.7 Å². The standard InChI is InChI=1S/C15H7F6NO/c16-8-4-1-7(2-5-8)3-6-9(23)22-15-13(20)11(18)10(17)12(19)14(15)21/h1-6H,(H,22,23)/b6-3+. The molecule has 0 spiro atoms. The minimum atomic E-state index is -2.32. The van der Waals surface area contributed by atoms with E-state index in [1.165, 1.54) is 18.2 Å². The van der Waals surface area contributed by atoms with E-state index in [1.54, 1.807) is 5.32 Å². The maximum atomic E-state index is 13.4. The fourth-order valence-corrected chi connectivity index (χ4v) is 1.63. The maximum absolute atomic E-state index is 13.4. The molecule has 120 valence electrons. The number of rotatable bonds is 3. The van der Waals surface area contributed by atoms with Crippen molar-refractivity contribution < 1.29 is 31.1 Å². The Morgan fingerprint density at radius 2 is 1.26 bits per heavy atom. The second-order valence-corrected chi connectivity index (χ2v) is 4.32. The van der Waals surface area contributed by atoms with Gasteiger partial charge in [-0.3, -0.25) is 4.79 Å². The van der Waals surface area contributed by atoms with Gasteiger partial charge in [-0.15, -0.1) is 0 Å². The summed E-state index contributed by atoms with van der Waals surface area (Å²) in [6.07, 6.45) is 1.96. The third kappa shape index (κ3) is 3.53. The Bertz CT molecular complexity index is 757. The summed E-state index contributed by atoms with van der Waals surface area (Å²) in [5, 5.41) is 1.57. The largest absolute Gasteiger partial charge is 0.317 e. The molecule has 0 heterocycles. The molecule has 2 aromatic rings. The number of nitrogens with one attached hydrogen (secondary N) is 1. The lowest BCUT2D eigenvalue weighted by molar-refractivity contribution is -0.111. The van der Waals surface area contributed by atoms with Gasteiger partial charge in [0, 0.05) is 6.08 Å². The smallest absolute Gasteiger partial charge is 0.248 e. The number of halogens is 6. The van der Waals surface area contributed by atoms with E-state index in [1.807, 2.05) is 0 Å². The lowest BCUT2D eigenvalue weighted by Gasteiger charge is -2.08. The molecule has 1 amide bonds. The van der Waals surface area contributed by atoms with Gasteiger partial charge in [-0.05, 0) is 23.8 Å². The third-order valence-corrected chi connectivity index (χ3v) is 2.76. The first kappa shape index (κ1) is 16.6. The van der Waals surface area contributed by atoms with Crippen molar-refractivity contribution in [3.8, 4) is 0 Å². The fraction of sp³-hybridized carbons (Fsp3) is 0. The molecule has 0 fully saturated rings. The summed E-state index contributed by atoms with van der Waals surface area (Å²) in [7, 11) is 0. The van der Waals surface area contributed by atoms with E-state index < -0.39 is 46.5 Å². The highest BCUT2D eigenvalue weighted by Crippen LogP contribution is 2.27. The first-order valence-electron chi connectivity index (χ1n) is 6.07. The highest BCUT2D eigenvalue weighted by molar-refractivity contribution is 6.02. The average Bonchev–Trinajstić information content (AvgIpc) is 2.54. The zero-order valence-electron chi connectivity index (χ0n) is 11.1. The summed E-state index contributed by atoms with van der Waals surface area (Å²) in [6.45, 7) is 0. The molecule has 23 heavy (non-hydrogen) atoms. The van der Waals surface area contributed by atoms with Gasteiger partial charge in [0.1, 0.15) is 11.5 Å². The number of carbonyl (C=O) groups excluding carboxylic acids is 1. The number of anilines is 1. The number of hydrogen-bond donors (Lipinski definition) is 1. The zero-order chi connectivity index (χ0) is 17.1. The van der Waals surface area contributed by atoms with Gasteiger partial charge < -0.3 is 5.32 Å². The SMILES string of the molecule is O=C(/C=C/c1ccc(F)cc1)Nc1c(F)c(F)c(F)c(F)c1F. The van der Waals surface area contributed by atoms with Gasteiger partial charge in [-0.25, -0.2) is 26.3 Å². The van der Waals surface area contributed by atoms with Gasteiger partial charge in [0.05, 0.1) is 0 Å². The van der Waals surface area contributed by atoms with Crippen LogP contribution in [0.15, 0.2) is 30.3 Å². The fourth-order valence-electron chi connectivity index (χ4n) is 1.63. The first-order chi connectivity index (χ1) is 10.8. The van der Waals surface area contributed by atoms with Gasteiger partial charge in [0.15, 0.2) is 23.3 Å². The van der Waals surface area contributed by atoms with Crippen LogP contribution in [0, 0.1) is 34.9 Å². The van der Waals surface area contributed by atoms with E-state index in [2.05, 4.69) is 0 Å². The molecule has 0 aliphatic heterocycles. The quantitative estimate of drug-likeness (QED) is 0.389. The van der Waals surface area contributed by atoms with Gasteiger partial charge in [0.25, 0.3) is 0 Å². The Balaban J connectivity index is 2.22. The van der Waals surface area contributed by atoms with E-state index >= 15 is 0 Å². The normalized spacial score (nSPS) is 11.0. The average molecular weight is 331 g/mol. The molecule has 2 aromatic carbocycles. The Labute approximate surface area is 126 Å². The summed E-state index contributed by atoms with van der Waals surface area (Å²) in [6, 6.07) is 4.86. The molecule has 0 aliphatic carbocycles. The summed E-state index contributed by atoms with van der Waals surface area (Å²) < 4.78 is 78.2. The molecule has 0 saturated heterocycles. The predicted molar refractivity (Wildman–Crippen MR) is 70.3 cm³/mol. The zero-order valence-corrected chi connectivity index (χ0v) is 11.1. The minimum Gasteiger partial charge on any atom is -0.317 e. The van der Waals surface area contributed by atoms with Crippen molar-refractivity contribution in [2.75, 3.05) is 5.32 Å². The van der Waals surface area contributed by atoms with Gasteiger partial charge in [-0.2, -0.15) is 0 Å². The van der Waals surface area contributed by atoms with Crippen LogP contribution in [0.1, 0.15) is 5.56 Å². The highest BCUT2D eigenvalue weighted by Gasteiger charge is 2.26. The molecular weight excluding hydrogens is 324 g/mol. The minimum absolute atomic E-state index is 0.388. The molecule has 0 unspecified atom stereocenters. The molecule has 0 radical (unpaired) electrons. The molecule has 0 aromatic heterocycles. The van der Waals surface area contributed by atoms with Gasteiger partial charge in [-0.1, -0.05) is 12.1 Å². The van der Waals surface area contributed by atoms with Crippen molar-refractivity contribution in [3.63, 3.8) is 0 Å². The van der Waals surface area contributed by atoms with Crippen LogP contribution in [0.25, 0.3) is 6.08 Å². The van der Waals surface area contributed by atoms with E-state index in [4.69, 9.17) is 0 Å². The second-order valence-electron chi connectivity index (χ2n) is 4.32. The van der Waals surface area contributed by atoms with Crippen LogP contribution in [0.3, 0.4) is 0 Å². The summed E-state index contributed by atoms with van der Waals surface area (Å²) in [5.74, 6) is -12.6. The van der Waals surface area contributed by atoms with Crippen LogP contribution < -0.4 is 5.32 Å². The van der Waals surface area contributed by atoms with E-state index in [9.17, 15) is 31.1 Å². The van der Waals surface area contributed by atoms with E-state index in [0.717, 1.165) is 18.2 Å². The molecule has 0 saturated carbocycles. The van der Waals surface area contributed by atoms with Crippen molar-refractivity contribution in [1.82, 2.24) is 0 Å². The molecule has 0 bridgehead atoms. The van der Waals surface area contributed by atoms with Crippen LogP contribution >= 0.6 is 0 Å². The van der Waals surface area contributed by atoms with Crippen LogP contribution in [0.2, 0.25) is 0 Å². The highest BCUT2D eigenvalue weighted by atomic mass is 19.2. The summed E-state index contributed by atoms with van der Waals surface area (Å²) in [5.41, 5.74) is -1.06. The third-order valence-electron chi connectivity index (χ3n) is 2.76. The maximum Gasteiger partial charge on any atom is 0.248 e. The number of benzene rings is 2. The number of carbonyl (C=O) groups is 1. The van der Waals surface area contributed by atoms with E-state index in [-0.39, 0.29) is 0 Å². The van der Waals surface area contributed by atoms with Gasteiger partial charge in [0.2, 0.25) is 11.7 Å². The Kier molecular flexibility index (Phi) is 4.73. The van der Waals surface area contributed by atoms with Crippen molar-refractivity contribution in [1.29, 1.82) is 0 Å². The molecule has 0 aliphatic rings. The predicted octanol–water partition coefficient (Wildman–Crippen LogP) is 4.17. The lowest BCUT2D eigenvalue weighted by Crippen LogP contribution is -2.14.